The van der Waals surface area contributed by atoms with Gasteiger partial charge < -0.3 is 9.90 Å². The third-order valence-corrected chi connectivity index (χ3v) is 4.61. The van der Waals surface area contributed by atoms with Gasteiger partial charge in [0, 0.05) is 6.04 Å². The number of carbonyl (C=O) groups excluding carboxylic acids is 1. The predicted molar refractivity (Wildman–Crippen MR) is 82.2 cm³/mol. The third-order valence-electron chi connectivity index (χ3n) is 4.61. The van der Waals surface area contributed by atoms with E-state index in [0.717, 1.165) is 19.4 Å². The molecule has 1 heterocycles. The Bertz CT molecular complexity index is 391. The molecule has 0 aromatic heterocycles. The van der Waals surface area contributed by atoms with Crippen molar-refractivity contribution in [1.82, 2.24) is 4.90 Å². The van der Waals surface area contributed by atoms with Crippen LogP contribution >= 0.6 is 9.58 Å². The molecule has 1 atom stereocenters. The molecule has 1 aromatic carbocycles. The molecule has 2 rings (SSSR count). The van der Waals surface area contributed by atoms with Crippen LogP contribution in [0.25, 0.3) is 0 Å². The van der Waals surface area contributed by atoms with Gasteiger partial charge >= 0.3 is 27.5 Å². The number of carboxylic acids is 1. The predicted octanol–water partition coefficient (Wildman–Crippen LogP) is 2.47. The van der Waals surface area contributed by atoms with Crippen molar-refractivity contribution in [2.75, 3.05) is 13.6 Å². The van der Waals surface area contributed by atoms with E-state index in [0.29, 0.717) is 0 Å². The minimum absolute atomic E-state index is 0.329. The Balaban J connectivity index is 0.000000342. The van der Waals surface area contributed by atoms with Crippen LogP contribution in [0.5, 0.6) is 0 Å². The van der Waals surface area contributed by atoms with Crippen molar-refractivity contribution in [3.63, 3.8) is 0 Å². The van der Waals surface area contributed by atoms with Gasteiger partial charge in [0.2, 0.25) is 0 Å². The molecule has 122 valence electrons. The molecule has 1 saturated heterocycles. The van der Waals surface area contributed by atoms with Crippen LogP contribution < -0.4 is 5.11 Å². The zero-order valence-corrected chi connectivity index (χ0v) is 16.8. The second-order valence-corrected chi connectivity index (χ2v) is 5.58. The van der Waals surface area contributed by atoms with E-state index in [9.17, 15) is 9.90 Å². The average molecular weight is 491 g/mol. The van der Waals surface area contributed by atoms with Crippen molar-refractivity contribution in [3.8, 4) is 0 Å². The molecule has 0 spiro atoms. The number of carbonyl (C=O) groups is 1. The Labute approximate surface area is 143 Å². The first-order valence-corrected chi connectivity index (χ1v) is 9.97. The molecule has 21 heavy (non-hydrogen) atoms. The first kappa shape index (κ1) is 20.7. The Hall–Kier alpha value is -0.281. The van der Waals surface area contributed by atoms with Crippen LogP contribution in [0.3, 0.4) is 0 Å². The third kappa shape index (κ3) is 5.45. The summed E-state index contributed by atoms with van der Waals surface area (Å²) in [6, 6.07) is -0.329. The summed E-state index contributed by atoms with van der Waals surface area (Å²) in [4.78, 5) is 12.1. The Morgan fingerprint density at radius 3 is 1.81 bits per heavy atom. The molecule has 1 aliphatic heterocycles. The summed E-state index contributed by atoms with van der Waals surface area (Å²) in [5.41, 5.74) is 7.34. The van der Waals surface area contributed by atoms with Gasteiger partial charge in [0.1, 0.15) is 0 Å². The topological polar surface area (TPSA) is 43.4 Å². The quantitative estimate of drug-likeness (QED) is 0.568. The van der Waals surface area contributed by atoms with E-state index in [2.05, 4.69) is 44.2 Å². The van der Waals surface area contributed by atoms with E-state index in [4.69, 9.17) is 0 Å². The van der Waals surface area contributed by atoms with E-state index < -0.39 is 5.97 Å². The molecule has 1 aliphatic rings. The summed E-state index contributed by atoms with van der Waals surface area (Å²) in [5, 5.41) is 10.3. The van der Waals surface area contributed by atoms with E-state index in [1.165, 1.54) is 45.7 Å². The minimum atomic E-state index is -0.935. The van der Waals surface area contributed by atoms with Crippen LogP contribution in [0.1, 0.15) is 40.7 Å². The van der Waals surface area contributed by atoms with Gasteiger partial charge in [-0.2, -0.15) is 27.8 Å². The van der Waals surface area contributed by atoms with Crippen LogP contribution in [0.15, 0.2) is 0 Å². The maximum atomic E-state index is 10.3. The summed E-state index contributed by atoms with van der Waals surface area (Å²) in [6.07, 6.45) is 1.73. The van der Waals surface area contributed by atoms with Crippen LogP contribution in [-0.4, -0.2) is 30.5 Å². The molecular weight excluding hydrogens is 466 g/mol. The molecule has 3 nitrogen and oxygen atoms in total. The van der Waals surface area contributed by atoms with Crippen molar-refractivity contribution >= 4 is 15.6 Å². The number of carboxylic acid groups (broad SMARTS) is 1. The molecule has 0 bridgehead atoms. The normalized spacial score (nSPS) is 17.6. The van der Waals surface area contributed by atoms with Crippen LogP contribution in [0, 0.1) is 34.6 Å². The Morgan fingerprint density at radius 2 is 1.67 bits per heavy atom. The van der Waals surface area contributed by atoms with E-state index in [1.807, 2.05) is 11.9 Å². The van der Waals surface area contributed by atoms with Crippen LogP contribution in [0.2, 0.25) is 0 Å². The maximum absolute atomic E-state index is 10.3. The molecule has 0 radical (unpaired) electrons. The van der Waals surface area contributed by atoms with Crippen molar-refractivity contribution in [3.05, 3.63) is 27.8 Å². The SMILES string of the molecule is CN1CCCC1C(=O)[O-].Cc1c(C)c(C)[c-](C)c1C.[Cl][Ir+2]. The molecule has 0 N–H and O–H groups in total. The van der Waals surface area contributed by atoms with Crippen molar-refractivity contribution in [2.45, 2.75) is 53.5 Å². The first-order chi connectivity index (χ1) is 9.77. The standard InChI is InChI=1S/C10H15.C6H11NO2.ClH.Ir/c1-6-7(2)9(4)10(5)8(6)3;1-7-4-2-3-5(7)6(8)9;;/h1-5H3;5H,2-4H2,1H3,(H,8,9);1H;/q-1;;;+3/p-2. The fourth-order valence-corrected chi connectivity index (χ4v) is 2.61. The Morgan fingerprint density at radius 1 is 1.24 bits per heavy atom. The molecular formula is C16H25ClIrNO2. The molecule has 1 unspecified atom stereocenters. The van der Waals surface area contributed by atoms with E-state index in [1.54, 1.807) is 0 Å². The zero-order chi connectivity index (χ0) is 16.7. The monoisotopic (exact) mass is 491 g/mol. The molecule has 1 fully saturated rings. The number of aliphatic carboxylic acids is 1. The summed E-state index contributed by atoms with van der Waals surface area (Å²) in [6.45, 7) is 11.9. The summed E-state index contributed by atoms with van der Waals surface area (Å²) >= 11 is 1.47. The van der Waals surface area contributed by atoms with Gasteiger partial charge in [0.05, 0.1) is 5.97 Å². The number of rotatable bonds is 1. The fraction of sp³-hybridized carbons (Fsp3) is 0.625. The summed E-state index contributed by atoms with van der Waals surface area (Å²) in [5.74, 6) is -0.935. The summed E-state index contributed by atoms with van der Waals surface area (Å²) in [7, 11) is 6.45. The number of likely N-dealkylation sites (tertiary alicyclic amines) is 1. The number of nitrogens with zero attached hydrogens (tertiary/aromatic N) is 1. The van der Waals surface area contributed by atoms with Gasteiger partial charge in [0.15, 0.2) is 0 Å². The molecule has 0 saturated carbocycles. The molecule has 0 amide bonds. The first-order valence-electron chi connectivity index (χ1n) is 7.00. The fourth-order valence-electron chi connectivity index (χ4n) is 2.61. The van der Waals surface area contributed by atoms with Crippen molar-refractivity contribution < 1.29 is 27.8 Å². The zero-order valence-electron chi connectivity index (χ0n) is 13.7. The van der Waals surface area contributed by atoms with Crippen LogP contribution in [0.4, 0.5) is 0 Å². The Kier molecular flexibility index (Phi) is 9.55. The van der Waals surface area contributed by atoms with Crippen molar-refractivity contribution in [1.29, 1.82) is 0 Å². The van der Waals surface area contributed by atoms with E-state index in [-0.39, 0.29) is 6.04 Å². The number of hydrogen-bond donors (Lipinski definition) is 0. The second kappa shape index (κ2) is 9.68. The van der Waals surface area contributed by atoms with Crippen LogP contribution in [-0.2, 0) is 22.7 Å². The van der Waals surface area contributed by atoms with Gasteiger partial charge in [-0.1, -0.05) is 34.6 Å². The van der Waals surface area contributed by atoms with Gasteiger partial charge in [-0.3, -0.25) is 4.90 Å². The number of hydrogen-bond acceptors (Lipinski definition) is 3. The van der Waals surface area contributed by atoms with Crippen molar-refractivity contribution in [2.24, 2.45) is 0 Å². The van der Waals surface area contributed by atoms with Gasteiger partial charge in [-0.05, 0) is 26.4 Å². The second-order valence-electron chi connectivity index (χ2n) is 5.58. The molecule has 0 aliphatic carbocycles. The van der Waals surface area contributed by atoms with E-state index >= 15 is 0 Å². The van der Waals surface area contributed by atoms with Gasteiger partial charge in [-0.15, -0.1) is 0 Å². The average Bonchev–Trinajstić information content (AvgIpc) is 2.97. The van der Waals surface area contributed by atoms with Gasteiger partial charge in [0.25, 0.3) is 0 Å². The van der Waals surface area contributed by atoms with Gasteiger partial charge in [-0.25, -0.2) is 0 Å². The number of halogens is 1. The number of likely N-dealkylation sites (N-methyl/N-ethyl adjacent to an activating group) is 1. The molecule has 5 heteroatoms. The summed E-state index contributed by atoms with van der Waals surface area (Å²) < 4.78 is 0. The molecule has 1 aromatic rings.